The van der Waals surface area contributed by atoms with Crippen LogP contribution in [-0.4, -0.2) is 58.3 Å². The van der Waals surface area contributed by atoms with Crippen LogP contribution >= 0.6 is 11.8 Å². The topological polar surface area (TPSA) is 89.0 Å². The summed E-state index contributed by atoms with van der Waals surface area (Å²) < 4.78 is 5.35. The molecule has 21 heavy (non-hydrogen) atoms. The van der Waals surface area contributed by atoms with Crippen molar-refractivity contribution in [2.24, 2.45) is 0 Å². The van der Waals surface area contributed by atoms with E-state index in [2.05, 4.69) is 35.1 Å². The van der Waals surface area contributed by atoms with Crippen LogP contribution in [0.2, 0.25) is 0 Å². The molecule has 0 aromatic carbocycles. The first-order chi connectivity index (χ1) is 10.3. The van der Waals surface area contributed by atoms with Crippen LogP contribution in [0.3, 0.4) is 0 Å². The quantitative estimate of drug-likeness (QED) is 0.819. The molecule has 110 valence electrons. The summed E-state index contributed by atoms with van der Waals surface area (Å²) in [6.45, 7) is 2.94. The Bertz CT molecular complexity index is 591. The van der Waals surface area contributed by atoms with Gasteiger partial charge in [-0.3, -0.25) is 0 Å². The first kappa shape index (κ1) is 14.0. The fourth-order valence-electron chi connectivity index (χ4n) is 1.84. The third-order valence-electron chi connectivity index (χ3n) is 2.87. The summed E-state index contributed by atoms with van der Waals surface area (Å²) in [5.74, 6) is 1.21. The van der Waals surface area contributed by atoms with Crippen molar-refractivity contribution in [1.29, 1.82) is 0 Å². The Kier molecular flexibility index (Phi) is 4.41. The van der Waals surface area contributed by atoms with Crippen LogP contribution in [0.4, 0.5) is 11.9 Å². The molecule has 2 aromatic heterocycles. The van der Waals surface area contributed by atoms with Crippen LogP contribution in [0.1, 0.15) is 0 Å². The highest BCUT2D eigenvalue weighted by Crippen LogP contribution is 2.24. The van der Waals surface area contributed by atoms with Crippen LogP contribution in [0.5, 0.6) is 0 Å². The summed E-state index contributed by atoms with van der Waals surface area (Å²) >= 11 is 1.38. The standard InChI is InChI=1S/C12H15N7OS/c1-13-10-16-11(19-4-6-20-7-5-19)18-12(17-10)21-9-2-3-14-8-15-9/h2-3,8H,4-7H2,1H3,(H,13,16,17,18). The normalized spacial score (nSPS) is 15.0. The minimum absolute atomic E-state index is 0.544. The summed E-state index contributed by atoms with van der Waals surface area (Å²) in [6, 6.07) is 1.82. The van der Waals surface area contributed by atoms with E-state index in [0.29, 0.717) is 30.3 Å². The Labute approximate surface area is 126 Å². The first-order valence-electron chi connectivity index (χ1n) is 6.55. The fourth-order valence-corrected chi connectivity index (χ4v) is 2.52. The van der Waals surface area contributed by atoms with Crippen molar-refractivity contribution in [3.63, 3.8) is 0 Å². The summed E-state index contributed by atoms with van der Waals surface area (Å²) in [7, 11) is 1.79. The molecule has 3 rings (SSSR count). The van der Waals surface area contributed by atoms with Gasteiger partial charge in [0.15, 0.2) is 0 Å². The van der Waals surface area contributed by atoms with Gasteiger partial charge in [-0.2, -0.15) is 15.0 Å². The Balaban J connectivity index is 1.85. The third kappa shape index (κ3) is 3.56. The average molecular weight is 305 g/mol. The SMILES string of the molecule is CNc1nc(Sc2ccncn2)nc(N2CCOCC2)n1. The molecule has 1 fully saturated rings. The Morgan fingerprint density at radius 1 is 1.24 bits per heavy atom. The lowest BCUT2D eigenvalue weighted by Gasteiger charge is -2.26. The Hall–Kier alpha value is -2.00. The van der Waals surface area contributed by atoms with Gasteiger partial charge >= 0.3 is 0 Å². The fraction of sp³-hybridized carbons (Fsp3) is 0.417. The van der Waals surface area contributed by atoms with Gasteiger partial charge in [-0.25, -0.2) is 9.97 Å². The van der Waals surface area contributed by atoms with Crippen LogP contribution < -0.4 is 10.2 Å². The second-order valence-electron chi connectivity index (χ2n) is 4.24. The van der Waals surface area contributed by atoms with E-state index in [9.17, 15) is 0 Å². The van der Waals surface area contributed by atoms with Gasteiger partial charge in [0.1, 0.15) is 11.4 Å². The monoisotopic (exact) mass is 305 g/mol. The number of hydrogen-bond donors (Lipinski definition) is 1. The largest absolute Gasteiger partial charge is 0.378 e. The van der Waals surface area contributed by atoms with Gasteiger partial charge in [-0.15, -0.1) is 0 Å². The van der Waals surface area contributed by atoms with Crippen molar-refractivity contribution < 1.29 is 4.74 Å². The number of morpholine rings is 1. The number of nitrogens with zero attached hydrogens (tertiary/aromatic N) is 6. The smallest absolute Gasteiger partial charge is 0.231 e. The molecule has 3 heterocycles. The molecule has 8 nitrogen and oxygen atoms in total. The van der Waals surface area contributed by atoms with Crippen LogP contribution in [0, 0.1) is 0 Å². The van der Waals surface area contributed by atoms with Crippen LogP contribution in [0.15, 0.2) is 28.8 Å². The zero-order chi connectivity index (χ0) is 14.5. The molecule has 0 saturated carbocycles. The van der Waals surface area contributed by atoms with Gasteiger partial charge in [0.05, 0.1) is 13.2 Å². The van der Waals surface area contributed by atoms with Crippen LogP contribution in [-0.2, 0) is 4.74 Å². The van der Waals surface area contributed by atoms with Crippen molar-refractivity contribution in [1.82, 2.24) is 24.9 Å². The highest BCUT2D eigenvalue weighted by Gasteiger charge is 2.16. The molecule has 0 unspecified atom stereocenters. The molecule has 0 amide bonds. The first-order valence-corrected chi connectivity index (χ1v) is 7.37. The highest BCUT2D eigenvalue weighted by molar-refractivity contribution is 7.99. The molecule has 0 aliphatic carbocycles. The zero-order valence-corrected chi connectivity index (χ0v) is 12.4. The van der Waals surface area contributed by atoms with E-state index < -0.39 is 0 Å². The summed E-state index contributed by atoms with van der Waals surface area (Å²) in [6.07, 6.45) is 3.20. The van der Waals surface area contributed by atoms with E-state index in [0.717, 1.165) is 18.1 Å². The zero-order valence-electron chi connectivity index (χ0n) is 11.6. The molecule has 0 spiro atoms. The van der Waals surface area contributed by atoms with Gasteiger partial charge in [-0.05, 0) is 17.8 Å². The maximum Gasteiger partial charge on any atom is 0.231 e. The lowest BCUT2D eigenvalue weighted by Crippen LogP contribution is -2.37. The van der Waals surface area contributed by atoms with Gasteiger partial charge in [0.2, 0.25) is 17.1 Å². The predicted molar refractivity (Wildman–Crippen MR) is 78.6 cm³/mol. The third-order valence-corrected chi connectivity index (χ3v) is 3.69. The summed E-state index contributed by atoms with van der Waals surface area (Å²) in [4.78, 5) is 23.4. The number of hydrogen-bond acceptors (Lipinski definition) is 9. The lowest BCUT2D eigenvalue weighted by atomic mass is 10.4. The second-order valence-corrected chi connectivity index (χ2v) is 5.23. The van der Waals surface area contributed by atoms with Crippen molar-refractivity contribution in [3.8, 4) is 0 Å². The molecule has 0 atom stereocenters. The number of rotatable bonds is 4. The van der Waals surface area contributed by atoms with E-state index in [1.54, 1.807) is 13.2 Å². The maximum atomic E-state index is 5.35. The van der Waals surface area contributed by atoms with Gasteiger partial charge in [-0.1, -0.05) is 0 Å². The molecule has 0 bridgehead atoms. The van der Waals surface area contributed by atoms with Crippen molar-refractivity contribution in [2.75, 3.05) is 43.6 Å². The number of ether oxygens (including phenoxy) is 1. The van der Waals surface area contributed by atoms with E-state index in [4.69, 9.17) is 4.74 Å². The van der Waals surface area contributed by atoms with E-state index >= 15 is 0 Å². The predicted octanol–water partition coefficient (Wildman–Crippen LogP) is 0.691. The van der Waals surface area contributed by atoms with Gasteiger partial charge in [0.25, 0.3) is 0 Å². The van der Waals surface area contributed by atoms with E-state index in [1.807, 2.05) is 6.07 Å². The van der Waals surface area contributed by atoms with Gasteiger partial charge < -0.3 is 15.0 Å². The average Bonchev–Trinajstić information content (AvgIpc) is 2.56. The van der Waals surface area contributed by atoms with Crippen molar-refractivity contribution >= 4 is 23.7 Å². The molecular formula is C12H15N7OS. The highest BCUT2D eigenvalue weighted by atomic mass is 32.2. The molecule has 0 radical (unpaired) electrons. The Morgan fingerprint density at radius 3 is 2.81 bits per heavy atom. The molecule has 1 aliphatic rings. The van der Waals surface area contributed by atoms with E-state index in [1.165, 1.54) is 18.1 Å². The summed E-state index contributed by atoms with van der Waals surface area (Å²) in [5, 5.41) is 4.37. The maximum absolute atomic E-state index is 5.35. The summed E-state index contributed by atoms with van der Waals surface area (Å²) in [5.41, 5.74) is 0. The number of nitrogens with one attached hydrogen (secondary N) is 1. The second kappa shape index (κ2) is 6.64. The molecule has 1 saturated heterocycles. The van der Waals surface area contributed by atoms with Crippen molar-refractivity contribution in [3.05, 3.63) is 18.6 Å². The van der Waals surface area contributed by atoms with Gasteiger partial charge in [0, 0.05) is 26.3 Å². The molecule has 1 aliphatic heterocycles. The molecule has 2 aromatic rings. The minimum Gasteiger partial charge on any atom is -0.378 e. The minimum atomic E-state index is 0.544. The number of aromatic nitrogens is 5. The lowest BCUT2D eigenvalue weighted by molar-refractivity contribution is 0.122. The molecule has 1 N–H and O–H groups in total. The molecule has 9 heteroatoms. The van der Waals surface area contributed by atoms with E-state index in [-0.39, 0.29) is 0 Å². The van der Waals surface area contributed by atoms with Crippen LogP contribution in [0.25, 0.3) is 0 Å². The Morgan fingerprint density at radius 2 is 2.10 bits per heavy atom. The van der Waals surface area contributed by atoms with Crippen molar-refractivity contribution in [2.45, 2.75) is 10.2 Å². The number of anilines is 2. The molecular weight excluding hydrogens is 290 g/mol.